The van der Waals surface area contributed by atoms with Gasteiger partial charge in [-0.05, 0) is 112 Å². The molecule has 2 saturated carbocycles. The summed E-state index contributed by atoms with van der Waals surface area (Å²) in [7, 11) is 0. The Morgan fingerprint density at radius 1 is 0.542 bits per heavy atom. The van der Waals surface area contributed by atoms with Crippen molar-refractivity contribution in [2.24, 2.45) is 47.3 Å². The highest BCUT2D eigenvalue weighted by Crippen LogP contribution is 2.62. The third-order valence-electron chi connectivity index (χ3n) is 13.9. The van der Waals surface area contributed by atoms with Gasteiger partial charge in [-0.25, -0.2) is 19.6 Å². The van der Waals surface area contributed by atoms with E-state index in [1.165, 1.54) is 12.8 Å². The van der Waals surface area contributed by atoms with Crippen LogP contribution in [0.25, 0.3) is 0 Å². The molecule has 2 spiro atoms. The van der Waals surface area contributed by atoms with Gasteiger partial charge in [0.25, 0.3) is 0 Å². The van der Waals surface area contributed by atoms with Crippen molar-refractivity contribution in [1.82, 2.24) is 0 Å². The van der Waals surface area contributed by atoms with Crippen LogP contribution in [0.5, 0.6) is 0 Å². The fourth-order valence-corrected chi connectivity index (χ4v) is 11.1. The number of rotatable bonds is 0. The van der Waals surface area contributed by atoms with Crippen LogP contribution in [0.1, 0.15) is 104 Å². The van der Waals surface area contributed by atoms with Crippen molar-refractivity contribution >= 4 is 0 Å². The van der Waals surface area contributed by atoms with Crippen LogP contribution in [-0.2, 0) is 38.5 Å². The van der Waals surface area contributed by atoms with Crippen molar-refractivity contribution in [3.63, 3.8) is 0 Å². The topological polar surface area (TPSA) is 73.8 Å². The van der Waals surface area contributed by atoms with E-state index in [1.807, 2.05) is 38.1 Å². The monoisotopic (exact) mass is 658 g/mol. The molecule has 8 heteroatoms. The first-order valence-electron chi connectivity index (χ1n) is 18.6. The Hall–Kier alpha value is -1.98. The summed E-state index contributed by atoms with van der Waals surface area (Å²) in [6.45, 7) is 13.1. The van der Waals surface area contributed by atoms with Crippen LogP contribution < -0.4 is 0 Å². The number of ether oxygens (including phenoxy) is 4. The Morgan fingerprint density at radius 3 is 1.38 bits per heavy atom. The molecule has 0 N–H and O–H groups in total. The first-order valence-corrected chi connectivity index (χ1v) is 18.6. The Balaban J connectivity index is 0.917. The maximum atomic E-state index is 6.66. The largest absolute Gasteiger partial charge is 0.333 e. The number of hydrogen-bond acceptors (Lipinski definition) is 8. The van der Waals surface area contributed by atoms with E-state index in [0.717, 1.165) is 49.7 Å². The lowest BCUT2D eigenvalue weighted by molar-refractivity contribution is -0.569. The first kappa shape index (κ1) is 32.0. The minimum absolute atomic E-state index is 0.190. The van der Waals surface area contributed by atoms with Crippen molar-refractivity contribution in [3.05, 3.63) is 35.4 Å². The molecule has 0 aromatic heterocycles. The van der Waals surface area contributed by atoms with Gasteiger partial charge in [0.15, 0.2) is 23.8 Å². The zero-order valence-electron chi connectivity index (χ0n) is 29.2. The van der Waals surface area contributed by atoms with Gasteiger partial charge in [0, 0.05) is 35.8 Å². The predicted octanol–water partition coefficient (Wildman–Crippen LogP) is 6.89. The Morgan fingerprint density at radius 2 is 0.958 bits per heavy atom. The van der Waals surface area contributed by atoms with Crippen LogP contribution in [0.4, 0.5) is 0 Å². The summed E-state index contributed by atoms with van der Waals surface area (Å²) >= 11 is 0. The fourth-order valence-electron chi connectivity index (χ4n) is 11.1. The fraction of sp³-hybridized carbons (Fsp3) is 0.750. The molecule has 10 fully saturated rings. The molecule has 11 rings (SSSR count). The molecule has 0 amide bonds. The molecule has 8 heterocycles. The molecule has 0 radical (unpaired) electrons. The molecule has 8 aliphatic heterocycles. The highest BCUT2D eigenvalue weighted by Gasteiger charge is 2.70. The van der Waals surface area contributed by atoms with Crippen molar-refractivity contribution in [2.45, 2.75) is 140 Å². The van der Waals surface area contributed by atoms with Crippen LogP contribution in [0.15, 0.2) is 24.3 Å². The maximum Gasteiger partial charge on any atom is 0.201 e. The number of hydrogen-bond donors (Lipinski definition) is 0. The zero-order valence-corrected chi connectivity index (χ0v) is 29.2. The molecule has 258 valence electrons. The van der Waals surface area contributed by atoms with Crippen LogP contribution in [-0.4, -0.2) is 47.6 Å². The third-order valence-corrected chi connectivity index (χ3v) is 13.9. The smallest absolute Gasteiger partial charge is 0.201 e. The van der Waals surface area contributed by atoms with E-state index >= 15 is 0 Å². The minimum Gasteiger partial charge on any atom is -0.333 e. The molecule has 16 atom stereocenters. The number of benzene rings is 1. The molecular weight excluding hydrogens is 608 g/mol. The van der Waals surface area contributed by atoms with Crippen LogP contribution in [0.2, 0.25) is 0 Å². The summed E-state index contributed by atoms with van der Waals surface area (Å²) in [5.74, 6) is 14.8. The summed E-state index contributed by atoms with van der Waals surface area (Å²) in [5.41, 5.74) is 0.732. The Kier molecular flexibility index (Phi) is 7.50. The molecule has 4 bridgehead atoms. The Labute approximate surface area is 285 Å². The lowest BCUT2D eigenvalue weighted by atomic mass is 9.57. The second kappa shape index (κ2) is 11.3. The SMILES string of the molecule is C[C@@H]1CC[C@H]2[C@@H](C)C(C#Cc3ccc(C#CC4O[C@@H]5O[C@@]6(C)CC[C@H]7[C@H](C)CC[C@@H]([C@H]4C)[C@@]57OO6)cc3)O[C@@H]3O[C@@]4(C)CC[C@@H]1[C@]32OO4. The molecule has 8 nitrogen and oxygen atoms in total. The van der Waals surface area contributed by atoms with Gasteiger partial charge >= 0.3 is 0 Å². The van der Waals surface area contributed by atoms with Crippen molar-refractivity contribution in [1.29, 1.82) is 0 Å². The van der Waals surface area contributed by atoms with E-state index < -0.39 is 35.4 Å². The highest BCUT2D eigenvalue weighted by atomic mass is 17.3. The molecule has 48 heavy (non-hydrogen) atoms. The molecule has 1 aromatic carbocycles. The second-order valence-corrected chi connectivity index (χ2v) is 16.8. The summed E-state index contributed by atoms with van der Waals surface area (Å²) < 4.78 is 26.3. The van der Waals surface area contributed by atoms with E-state index in [1.54, 1.807) is 0 Å². The van der Waals surface area contributed by atoms with E-state index in [9.17, 15) is 0 Å². The highest BCUT2D eigenvalue weighted by molar-refractivity contribution is 5.43. The van der Waals surface area contributed by atoms with Gasteiger partial charge in [0.1, 0.15) is 12.2 Å². The average Bonchev–Trinajstić information content (AvgIpc) is 3.45. The molecule has 10 aliphatic rings. The van der Waals surface area contributed by atoms with Gasteiger partial charge in [0.2, 0.25) is 11.6 Å². The van der Waals surface area contributed by atoms with Crippen LogP contribution >= 0.6 is 0 Å². The Bertz CT molecular complexity index is 1440. The number of fused-ring (bicyclic) bond motifs is 4. The summed E-state index contributed by atoms with van der Waals surface area (Å²) in [6.07, 6.45) is 6.68. The van der Waals surface area contributed by atoms with Gasteiger partial charge in [-0.3, -0.25) is 0 Å². The van der Waals surface area contributed by atoms with Gasteiger partial charge in [0.05, 0.1) is 0 Å². The van der Waals surface area contributed by atoms with E-state index in [4.69, 9.17) is 38.5 Å². The van der Waals surface area contributed by atoms with Gasteiger partial charge < -0.3 is 18.9 Å². The lowest BCUT2D eigenvalue weighted by Gasteiger charge is -2.59. The normalized spacial score (nSPS) is 53.1. The van der Waals surface area contributed by atoms with Crippen LogP contribution in [0.3, 0.4) is 0 Å². The standard InChI is InChI=1S/C40H50O8/c1-23-7-15-31-25(3)33(41-35-39(31)29(23)19-21-37(5,43-35)45-47-39)17-13-27-9-11-28(12-10-27)14-18-34-26(4)32-16-8-24(2)30-20-22-38(6)44-36(42-34)40(30,32)48-46-38/h9-12,23-26,29-36H,7-8,15-16,19-22H2,1-6H3/t23-,24-,25-,26-,29+,30+,31+,32+,33?,34?,35-,36-,37-,38-,39-,40-/m1/s1. The van der Waals surface area contributed by atoms with E-state index in [2.05, 4.69) is 51.4 Å². The summed E-state index contributed by atoms with van der Waals surface area (Å²) in [4.78, 5) is 24.5. The van der Waals surface area contributed by atoms with Crippen molar-refractivity contribution in [3.8, 4) is 23.7 Å². The summed E-state index contributed by atoms with van der Waals surface area (Å²) in [5, 5.41) is 0. The van der Waals surface area contributed by atoms with Crippen molar-refractivity contribution in [2.75, 3.05) is 0 Å². The predicted molar refractivity (Wildman–Crippen MR) is 174 cm³/mol. The molecular formula is C40H50O8. The molecule has 2 aliphatic carbocycles. The van der Waals surface area contributed by atoms with Gasteiger partial charge in [-0.15, -0.1) is 0 Å². The van der Waals surface area contributed by atoms with Gasteiger partial charge in [-0.1, -0.05) is 51.4 Å². The van der Waals surface area contributed by atoms with Crippen LogP contribution in [0, 0.1) is 71.0 Å². The van der Waals surface area contributed by atoms with Gasteiger partial charge in [-0.2, -0.15) is 0 Å². The lowest BCUT2D eigenvalue weighted by Crippen LogP contribution is -2.70. The zero-order chi connectivity index (χ0) is 33.1. The first-order chi connectivity index (χ1) is 23.0. The maximum absolute atomic E-state index is 6.66. The minimum atomic E-state index is -0.783. The van der Waals surface area contributed by atoms with E-state index in [-0.39, 0.29) is 35.9 Å². The molecule has 8 saturated heterocycles. The second-order valence-electron chi connectivity index (χ2n) is 16.8. The molecule has 2 unspecified atom stereocenters. The van der Waals surface area contributed by atoms with E-state index in [0.29, 0.717) is 23.7 Å². The average molecular weight is 659 g/mol. The quantitative estimate of drug-likeness (QED) is 0.221. The third kappa shape index (κ3) is 4.67. The summed E-state index contributed by atoms with van der Waals surface area (Å²) in [6, 6.07) is 8.16. The molecule has 1 aromatic rings. The van der Waals surface area contributed by atoms with Crippen molar-refractivity contribution < 1.29 is 38.5 Å².